The number of halogens is 3. The molecule has 0 saturated carbocycles. The molecule has 0 fully saturated rings. The number of Topliss-reactive ketones (excluding diaryl/α,β-unsaturated/α-hetero) is 1. The minimum Gasteiger partial charge on any atom is -0.289 e. The number of hydrogen-bond acceptors (Lipinski definition) is 2. The van der Waals surface area contributed by atoms with E-state index in [4.69, 9.17) is 0 Å². The minimum absolute atomic E-state index is 0.295. The summed E-state index contributed by atoms with van der Waals surface area (Å²) < 4.78 is 38.1. The molecule has 1 heterocycles. The van der Waals surface area contributed by atoms with Crippen molar-refractivity contribution in [3.05, 3.63) is 48.3 Å². The molecular weight excluding hydrogens is 245 g/mol. The van der Waals surface area contributed by atoms with E-state index in [1.807, 2.05) is 0 Å². The topological polar surface area (TPSA) is 34.9 Å². The van der Waals surface area contributed by atoms with Gasteiger partial charge in [0.2, 0.25) is 5.78 Å². The lowest BCUT2D eigenvalue weighted by Gasteiger charge is -2.10. The van der Waals surface area contributed by atoms with Gasteiger partial charge in [-0.15, -0.1) is 0 Å². The van der Waals surface area contributed by atoms with E-state index < -0.39 is 18.4 Å². The van der Waals surface area contributed by atoms with Gasteiger partial charge in [-0.2, -0.15) is 18.3 Å². The molecule has 6 heteroatoms. The van der Waals surface area contributed by atoms with E-state index in [1.165, 1.54) is 16.9 Å². The Morgan fingerprint density at radius 3 is 2.56 bits per heavy atom. The van der Waals surface area contributed by atoms with Crippen LogP contribution in [0.15, 0.2) is 42.7 Å². The Balaban J connectivity index is 2.32. The number of alkyl halides is 3. The molecule has 0 aliphatic carbocycles. The lowest BCUT2D eigenvalue weighted by atomic mass is 10.1. The van der Waals surface area contributed by atoms with Crippen LogP contribution in [0.5, 0.6) is 0 Å². The van der Waals surface area contributed by atoms with Gasteiger partial charge in [-0.1, -0.05) is 18.2 Å². The Labute approximate surface area is 101 Å². The molecule has 0 saturated heterocycles. The molecule has 18 heavy (non-hydrogen) atoms. The monoisotopic (exact) mass is 254 g/mol. The van der Waals surface area contributed by atoms with Gasteiger partial charge >= 0.3 is 6.18 Å². The van der Waals surface area contributed by atoms with Crippen molar-refractivity contribution >= 4 is 5.78 Å². The number of benzene rings is 1. The average molecular weight is 254 g/mol. The molecule has 1 aromatic carbocycles. The molecule has 0 spiro atoms. The van der Waals surface area contributed by atoms with Gasteiger partial charge in [0.1, 0.15) is 0 Å². The summed E-state index contributed by atoms with van der Waals surface area (Å²) >= 11 is 0. The zero-order chi connectivity index (χ0) is 13.2. The van der Waals surface area contributed by atoms with Crippen LogP contribution in [-0.4, -0.2) is 21.7 Å². The number of para-hydroxylation sites is 1. The maximum atomic E-state index is 12.2. The fraction of sp³-hybridized carbons (Fsp3) is 0.167. The maximum Gasteiger partial charge on any atom is 0.450 e. The molecule has 0 bridgehead atoms. The van der Waals surface area contributed by atoms with Crippen molar-refractivity contribution in [2.75, 3.05) is 0 Å². The number of nitrogens with zero attached hydrogens (tertiary/aromatic N) is 2. The van der Waals surface area contributed by atoms with Crippen LogP contribution in [0, 0.1) is 0 Å². The second-order valence-corrected chi connectivity index (χ2v) is 3.68. The molecule has 2 aromatic rings. The summed E-state index contributed by atoms with van der Waals surface area (Å²) in [4.78, 5) is 11.0. The normalized spacial score (nSPS) is 11.5. The number of carbonyl (C=O) groups excluding carboxylic acids is 1. The number of hydrogen-bond donors (Lipinski definition) is 0. The van der Waals surface area contributed by atoms with E-state index in [9.17, 15) is 18.0 Å². The van der Waals surface area contributed by atoms with Gasteiger partial charge in [0.15, 0.2) is 0 Å². The predicted octanol–water partition coefficient (Wildman–Crippen LogP) is 2.55. The third-order valence-corrected chi connectivity index (χ3v) is 2.41. The van der Waals surface area contributed by atoms with Crippen molar-refractivity contribution in [2.45, 2.75) is 12.6 Å². The van der Waals surface area contributed by atoms with Gasteiger partial charge in [0.05, 0.1) is 5.69 Å². The molecule has 0 aliphatic rings. The Hall–Kier alpha value is -2.11. The van der Waals surface area contributed by atoms with Crippen LogP contribution in [0.25, 0.3) is 5.69 Å². The van der Waals surface area contributed by atoms with Crippen LogP contribution in [0.1, 0.15) is 5.56 Å². The van der Waals surface area contributed by atoms with Crippen LogP contribution in [0.3, 0.4) is 0 Å². The Morgan fingerprint density at radius 2 is 1.94 bits per heavy atom. The number of aromatic nitrogens is 2. The zero-order valence-corrected chi connectivity index (χ0v) is 9.19. The van der Waals surface area contributed by atoms with Gasteiger partial charge in [0, 0.05) is 18.8 Å². The molecule has 0 atom stereocenters. The molecule has 0 radical (unpaired) electrons. The third kappa shape index (κ3) is 2.58. The maximum absolute atomic E-state index is 12.2. The molecule has 0 N–H and O–H groups in total. The second-order valence-electron chi connectivity index (χ2n) is 3.68. The fourth-order valence-electron chi connectivity index (χ4n) is 1.57. The molecule has 1 aromatic heterocycles. The largest absolute Gasteiger partial charge is 0.450 e. The molecule has 3 nitrogen and oxygen atoms in total. The predicted molar refractivity (Wildman–Crippen MR) is 58.3 cm³/mol. The highest BCUT2D eigenvalue weighted by Crippen LogP contribution is 2.21. The lowest BCUT2D eigenvalue weighted by Crippen LogP contribution is -2.25. The second kappa shape index (κ2) is 4.64. The molecule has 2 rings (SSSR count). The summed E-state index contributed by atoms with van der Waals surface area (Å²) in [5.41, 5.74) is 0.767. The van der Waals surface area contributed by atoms with E-state index in [0.717, 1.165) is 0 Å². The van der Waals surface area contributed by atoms with Crippen molar-refractivity contribution in [3.63, 3.8) is 0 Å². The van der Waals surface area contributed by atoms with Gasteiger partial charge in [0.25, 0.3) is 0 Å². The number of rotatable bonds is 3. The Bertz CT molecular complexity index is 547. The highest BCUT2D eigenvalue weighted by molar-refractivity contribution is 5.86. The molecule has 0 unspecified atom stereocenters. The first-order chi connectivity index (χ1) is 8.48. The van der Waals surface area contributed by atoms with E-state index >= 15 is 0 Å². The molecular formula is C12H9F3N2O. The van der Waals surface area contributed by atoms with Crippen molar-refractivity contribution in [3.8, 4) is 5.69 Å². The first kappa shape index (κ1) is 12.3. The smallest absolute Gasteiger partial charge is 0.289 e. The van der Waals surface area contributed by atoms with Crippen LogP contribution in [0.4, 0.5) is 13.2 Å². The van der Waals surface area contributed by atoms with Gasteiger partial charge in [-0.25, -0.2) is 4.68 Å². The van der Waals surface area contributed by atoms with Crippen molar-refractivity contribution in [1.82, 2.24) is 9.78 Å². The van der Waals surface area contributed by atoms with E-state index in [2.05, 4.69) is 5.10 Å². The molecule has 0 aliphatic heterocycles. The van der Waals surface area contributed by atoms with Crippen LogP contribution >= 0.6 is 0 Å². The quantitative estimate of drug-likeness (QED) is 0.843. The summed E-state index contributed by atoms with van der Waals surface area (Å²) in [6.07, 6.45) is -2.37. The number of ketones is 1. The highest BCUT2D eigenvalue weighted by Gasteiger charge is 2.38. The zero-order valence-electron chi connectivity index (χ0n) is 9.19. The minimum atomic E-state index is -4.81. The lowest BCUT2D eigenvalue weighted by molar-refractivity contribution is -0.170. The Kier molecular flexibility index (Phi) is 3.18. The van der Waals surface area contributed by atoms with Crippen molar-refractivity contribution in [1.29, 1.82) is 0 Å². The van der Waals surface area contributed by atoms with Gasteiger partial charge in [-0.3, -0.25) is 4.79 Å². The average Bonchev–Trinajstić information content (AvgIpc) is 2.82. The molecule has 94 valence electrons. The first-order valence-corrected chi connectivity index (χ1v) is 5.16. The first-order valence-electron chi connectivity index (χ1n) is 5.16. The summed E-state index contributed by atoms with van der Waals surface area (Å²) in [5.74, 6) is -1.76. The van der Waals surface area contributed by atoms with E-state index in [-0.39, 0.29) is 0 Å². The summed E-state index contributed by atoms with van der Waals surface area (Å²) in [7, 11) is 0. The van der Waals surface area contributed by atoms with Crippen LogP contribution < -0.4 is 0 Å². The van der Waals surface area contributed by atoms with Crippen molar-refractivity contribution in [2.24, 2.45) is 0 Å². The van der Waals surface area contributed by atoms with Crippen molar-refractivity contribution < 1.29 is 18.0 Å². The van der Waals surface area contributed by atoms with E-state index in [0.29, 0.717) is 11.3 Å². The number of carbonyl (C=O) groups is 1. The highest BCUT2D eigenvalue weighted by atomic mass is 19.4. The third-order valence-electron chi connectivity index (χ3n) is 2.41. The SMILES string of the molecule is O=C(Cc1ccccc1-n1cccn1)C(F)(F)F. The summed E-state index contributed by atoms with van der Waals surface area (Å²) in [6.45, 7) is 0. The van der Waals surface area contributed by atoms with Crippen LogP contribution in [0.2, 0.25) is 0 Å². The van der Waals surface area contributed by atoms with Gasteiger partial charge < -0.3 is 0 Å². The summed E-state index contributed by atoms with van der Waals surface area (Å²) in [6, 6.07) is 8.03. The fourth-order valence-corrected chi connectivity index (χ4v) is 1.57. The summed E-state index contributed by atoms with van der Waals surface area (Å²) in [5, 5.41) is 3.94. The van der Waals surface area contributed by atoms with E-state index in [1.54, 1.807) is 30.5 Å². The standard InChI is InChI=1S/C12H9F3N2O/c13-12(14,15)11(18)8-9-4-1-2-5-10(9)17-7-3-6-16-17/h1-7H,8H2. The van der Waals surface area contributed by atoms with Gasteiger partial charge in [-0.05, 0) is 17.7 Å². The molecule has 0 amide bonds. The Morgan fingerprint density at radius 1 is 1.22 bits per heavy atom. The van der Waals surface area contributed by atoms with Crippen LogP contribution in [-0.2, 0) is 11.2 Å².